The Bertz CT molecular complexity index is 703. The lowest BCUT2D eigenvalue weighted by Gasteiger charge is -2.17. The Morgan fingerprint density at radius 3 is 2.52 bits per heavy atom. The van der Waals surface area contributed by atoms with Crippen molar-refractivity contribution in [3.8, 4) is 0 Å². The van der Waals surface area contributed by atoms with Gasteiger partial charge in [0.2, 0.25) is 0 Å². The maximum Gasteiger partial charge on any atom is 0.251 e. The fraction of sp³-hybridized carbons (Fsp3) is 0.429. The average Bonchev–Trinajstić information content (AvgIpc) is 2.55. The number of amides is 1. The molecule has 0 spiro atoms. The third-order valence-electron chi connectivity index (χ3n) is 4.24. The fourth-order valence-electron chi connectivity index (χ4n) is 2.65. The summed E-state index contributed by atoms with van der Waals surface area (Å²) < 4.78 is 0. The van der Waals surface area contributed by atoms with Crippen LogP contribution < -0.4 is 5.32 Å². The summed E-state index contributed by atoms with van der Waals surface area (Å²) in [6.45, 7) is 7.63. The van der Waals surface area contributed by atoms with E-state index < -0.39 is 5.60 Å². The van der Waals surface area contributed by atoms with Gasteiger partial charge in [-0.1, -0.05) is 18.2 Å². The topological polar surface area (TPSA) is 62.2 Å². The molecule has 0 saturated heterocycles. The van der Waals surface area contributed by atoms with Gasteiger partial charge in [0, 0.05) is 29.9 Å². The van der Waals surface area contributed by atoms with Crippen LogP contribution in [0.2, 0.25) is 0 Å². The summed E-state index contributed by atoms with van der Waals surface area (Å²) in [5.74, 6) is -0.0740. The van der Waals surface area contributed by atoms with Crippen LogP contribution in [-0.2, 0) is 12.8 Å². The summed E-state index contributed by atoms with van der Waals surface area (Å²) in [6.07, 6.45) is 3.98. The number of carbonyl (C=O) groups excluding carboxylic acids is 1. The minimum atomic E-state index is -0.672. The van der Waals surface area contributed by atoms with Gasteiger partial charge in [-0.15, -0.1) is 0 Å². The van der Waals surface area contributed by atoms with E-state index in [1.807, 2.05) is 50.2 Å². The van der Waals surface area contributed by atoms with Crippen molar-refractivity contribution in [2.45, 2.75) is 58.6 Å². The first-order chi connectivity index (χ1) is 11.7. The Labute approximate surface area is 150 Å². The lowest BCUT2D eigenvalue weighted by atomic mass is 9.98. The summed E-state index contributed by atoms with van der Waals surface area (Å²) in [4.78, 5) is 16.8. The molecule has 0 fully saturated rings. The van der Waals surface area contributed by atoms with Crippen molar-refractivity contribution in [2.75, 3.05) is 0 Å². The van der Waals surface area contributed by atoms with Gasteiger partial charge in [0.05, 0.1) is 5.60 Å². The van der Waals surface area contributed by atoms with Crippen LogP contribution in [0.4, 0.5) is 0 Å². The van der Waals surface area contributed by atoms with E-state index in [2.05, 4.69) is 10.3 Å². The normalized spacial score (nSPS) is 12.7. The Morgan fingerprint density at radius 1 is 1.24 bits per heavy atom. The quantitative estimate of drug-likeness (QED) is 0.811. The van der Waals surface area contributed by atoms with Crippen molar-refractivity contribution in [1.82, 2.24) is 10.3 Å². The van der Waals surface area contributed by atoms with Crippen molar-refractivity contribution < 1.29 is 9.90 Å². The van der Waals surface area contributed by atoms with Gasteiger partial charge in [0.1, 0.15) is 0 Å². The molecule has 2 N–H and O–H groups in total. The highest BCUT2D eigenvalue weighted by atomic mass is 16.3. The molecule has 0 bridgehead atoms. The SMILES string of the molecule is Cc1cccnc1C[C@@H](C)NC(=O)c1ccc(CCC(C)(C)O)cc1. The van der Waals surface area contributed by atoms with Crippen molar-refractivity contribution >= 4 is 5.91 Å². The van der Waals surface area contributed by atoms with Gasteiger partial charge in [0.15, 0.2) is 0 Å². The first-order valence-electron chi connectivity index (χ1n) is 8.77. The molecular formula is C21H28N2O2. The van der Waals surface area contributed by atoms with E-state index in [4.69, 9.17) is 0 Å². The van der Waals surface area contributed by atoms with E-state index >= 15 is 0 Å². The third-order valence-corrected chi connectivity index (χ3v) is 4.24. The second-order valence-electron chi connectivity index (χ2n) is 7.35. The molecule has 1 atom stereocenters. The van der Waals surface area contributed by atoms with E-state index in [-0.39, 0.29) is 11.9 Å². The summed E-state index contributed by atoms with van der Waals surface area (Å²) in [5.41, 5.74) is 3.25. The highest BCUT2D eigenvalue weighted by Crippen LogP contribution is 2.14. The summed E-state index contributed by atoms with van der Waals surface area (Å²) in [6, 6.07) is 11.5. The molecule has 1 aromatic heterocycles. The molecule has 2 aromatic rings. The highest BCUT2D eigenvalue weighted by molar-refractivity contribution is 5.94. The average molecular weight is 340 g/mol. The summed E-state index contributed by atoms with van der Waals surface area (Å²) >= 11 is 0. The summed E-state index contributed by atoms with van der Waals surface area (Å²) in [7, 11) is 0. The monoisotopic (exact) mass is 340 g/mol. The van der Waals surface area contributed by atoms with Crippen molar-refractivity contribution in [3.05, 3.63) is 65.0 Å². The van der Waals surface area contributed by atoms with Crippen LogP contribution in [0.15, 0.2) is 42.6 Å². The number of nitrogens with one attached hydrogen (secondary N) is 1. The molecule has 0 unspecified atom stereocenters. The molecule has 4 nitrogen and oxygen atoms in total. The largest absolute Gasteiger partial charge is 0.390 e. The van der Waals surface area contributed by atoms with Crippen molar-refractivity contribution in [2.24, 2.45) is 0 Å². The number of benzene rings is 1. The Morgan fingerprint density at radius 2 is 1.92 bits per heavy atom. The zero-order chi connectivity index (χ0) is 18.4. The number of aryl methyl sites for hydroxylation is 2. The van der Waals surface area contributed by atoms with Crippen LogP contribution >= 0.6 is 0 Å². The van der Waals surface area contributed by atoms with E-state index in [0.717, 1.165) is 23.2 Å². The maximum atomic E-state index is 12.4. The number of carbonyl (C=O) groups is 1. The van der Waals surface area contributed by atoms with Gasteiger partial charge >= 0.3 is 0 Å². The van der Waals surface area contributed by atoms with Gasteiger partial charge < -0.3 is 10.4 Å². The number of aliphatic hydroxyl groups is 1. The Balaban J connectivity index is 1.91. The molecule has 0 aliphatic rings. The van der Waals surface area contributed by atoms with Crippen LogP contribution in [0.3, 0.4) is 0 Å². The third kappa shape index (κ3) is 6.31. The molecule has 4 heteroatoms. The van der Waals surface area contributed by atoms with Gasteiger partial charge in [-0.3, -0.25) is 9.78 Å². The smallest absolute Gasteiger partial charge is 0.251 e. The van der Waals surface area contributed by atoms with Crippen LogP contribution in [0.5, 0.6) is 0 Å². The molecule has 0 radical (unpaired) electrons. The fourth-order valence-corrected chi connectivity index (χ4v) is 2.65. The minimum Gasteiger partial charge on any atom is -0.390 e. The van der Waals surface area contributed by atoms with Crippen LogP contribution in [0.25, 0.3) is 0 Å². The molecular weight excluding hydrogens is 312 g/mol. The molecule has 134 valence electrons. The van der Waals surface area contributed by atoms with E-state index in [1.165, 1.54) is 0 Å². The highest BCUT2D eigenvalue weighted by Gasteiger charge is 2.14. The molecule has 0 aliphatic heterocycles. The van der Waals surface area contributed by atoms with E-state index in [9.17, 15) is 9.90 Å². The molecule has 0 saturated carbocycles. The number of hydrogen-bond donors (Lipinski definition) is 2. The van der Waals surface area contributed by atoms with Gasteiger partial charge in [-0.25, -0.2) is 0 Å². The van der Waals surface area contributed by atoms with Gasteiger partial charge in [0.25, 0.3) is 5.91 Å². The predicted octanol–water partition coefficient (Wildman–Crippen LogP) is 3.45. The summed E-state index contributed by atoms with van der Waals surface area (Å²) in [5, 5.41) is 12.8. The second-order valence-corrected chi connectivity index (χ2v) is 7.35. The number of nitrogens with zero attached hydrogens (tertiary/aromatic N) is 1. The molecule has 0 aliphatic carbocycles. The first kappa shape index (κ1) is 19.1. The van der Waals surface area contributed by atoms with Crippen LogP contribution in [0, 0.1) is 6.92 Å². The van der Waals surface area contributed by atoms with E-state index in [1.54, 1.807) is 20.0 Å². The lowest BCUT2D eigenvalue weighted by Crippen LogP contribution is -2.34. The van der Waals surface area contributed by atoms with Crippen LogP contribution in [0.1, 0.15) is 54.4 Å². The second kappa shape index (κ2) is 8.26. The van der Waals surface area contributed by atoms with Crippen molar-refractivity contribution in [1.29, 1.82) is 0 Å². The zero-order valence-electron chi connectivity index (χ0n) is 15.5. The molecule has 1 heterocycles. The maximum absolute atomic E-state index is 12.4. The number of pyridine rings is 1. The van der Waals surface area contributed by atoms with Crippen LogP contribution in [-0.4, -0.2) is 27.6 Å². The van der Waals surface area contributed by atoms with Crippen molar-refractivity contribution in [3.63, 3.8) is 0 Å². The van der Waals surface area contributed by atoms with Gasteiger partial charge in [-0.2, -0.15) is 0 Å². The minimum absolute atomic E-state index is 0.0102. The molecule has 1 aromatic carbocycles. The standard InChI is InChI=1S/C21H28N2O2/c1-15-6-5-13-22-19(15)14-16(2)23-20(24)18-9-7-17(8-10-18)11-12-21(3,4)25/h5-10,13,16,25H,11-12,14H2,1-4H3,(H,23,24)/t16-/m1/s1. The number of hydrogen-bond acceptors (Lipinski definition) is 3. The lowest BCUT2D eigenvalue weighted by molar-refractivity contribution is 0.0713. The van der Waals surface area contributed by atoms with E-state index in [0.29, 0.717) is 18.4 Å². The first-order valence-corrected chi connectivity index (χ1v) is 8.77. The number of rotatable bonds is 7. The number of aromatic nitrogens is 1. The molecule has 1 amide bonds. The van der Waals surface area contributed by atoms with Gasteiger partial charge in [-0.05, 0) is 69.9 Å². The zero-order valence-corrected chi connectivity index (χ0v) is 15.5. The Hall–Kier alpha value is -2.20. The predicted molar refractivity (Wildman–Crippen MR) is 101 cm³/mol. The molecule has 25 heavy (non-hydrogen) atoms. The Kier molecular flexibility index (Phi) is 6.32. The molecule has 2 rings (SSSR count).